The van der Waals surface area contributed by atoms with E-state index in [-0.39, 0.29) is 0 Å². The van der Waals surface area contributed by atoms with Gasteiger partial charge in [0.05, 0.1) is 23.9 Å². The first-order valence-electron chi connectivity index (χ1n) is 4.97. The Morgan fingerprint density at radius 3 is 2.93 bits per heavy atom. The maximum absolute atomic E-state index is 4.99. The van der Waals surface area contributed by atoms with Gasteiger partial charge in [-0.05, 0) is 19.1 Å². The Bertz CT molecular complexity index is 417. The van der Waals surface area contributed by atoms with Crippen molar-refractivity contribution in [1.29, 1.82) is 0 Å². The minimum Gasteiger partial charge on any atom is -0.472 e. The van der Waals surface area contributed by atoms with Crippen LogP contribution in [-0.2, 0) is 20.1 Å². The lowest BCUT2D eigenvalue weighted by Gasteiger charge is -2.02. The van der Waals surface area contributed by atoms with Crippen molar-refractivity contribution in [2.45, 2.75) is 20.0 Å². The number of nitrogens with zero attached hydrogens (tertiary/aromatic N) is 2. The number of hydrogen-bond acceptors (Lipinski definition) is 3. The standard InChI is InChI=1S/C11H15N3O/c1-9-5-11(14(2)13-9)7-12-6-10-3-4-15-8-10/h3-5,8,12H,6-7H2,1-2H3. The third kappa shape index (κ3) is 2.47. The third-order valence-corrected chi connectivity index (χ3v) is 2.31. The van der Waals surface area contributed by atoms with Crippen molar-refractivity contribution in [3.63, 3.8) is 0 Å². The van der Waals surface area contributed by atoms with Gasteiger partial charge in [0, 0.05) is 25.7 Å². The number of rotatable bonds is 4. The zero-order chi connectivity index (χ0) is 10.7. The summed E-state index contributed by atoms with van der Waals surface area (Å²) >= 11 is 0. The van der Waals surface area contributed by atoms with E-state index in [1.54, 1.807) is 12.5 Å². The van der Waals surface area contributed by atoms with E-state index >= 15 is 0 Å². The van der Waals surface area contributed by atoms with Crippen LogP contribution in [0.25, 0.3) is 0 Å². The van der Waals surface area contributed by atoms with Crippen LogP contribution < -0.4 is 5.32 Å². The smallest absolute Gasteiger partial charge is 0.0947 e. The van der Waals surface area contributed by atoms with Gasteiger partial charge in [-0.2, -0.15) is 5.10 Å². The second-order valence-corrected chi connectivity index (χ2v) is 3.64. The Morgan fingerprint density at radius 2 is 2.33 bits per heavy atom. The Hall–Kier alpha value is -1.55. The van der Waals surface area contributed by atoms with Crippen LogP contribution in [0.2, 0.25) is 0 Å². The first kappa shape index (κ1) is 9.98. The molecule has 0 spiro atoms. The highest BCUT2D eigenvalue weighted by atomic mass is 16.3. The van der Waals surface area contributed by atoms with Crippen molar-refractivity contribution >= 4 is 0 Å². The summed E-state index contributed by atoms with van der Waals surface area (Å²) in [6.07, 6.45) is 3.44. The molecule has 2 rings (SSSR count). The quantitative estimate of drug-likeness (QED) is 0.824. The normalized spacial score (nSPS) is 10.8. The molecule has 2 aromatic heterocycles. The number of aryl methyl sites for hydroxylation is 2. The van der Waals surface area contributed by atoms with Crippen molar-refractivity contribution < 1.29 is 4.42 Å². The molecule has 2 heterocycles. The van der Waals surface area contributed by atoms with Crippen LogP contribution in [-0.4, -0.2) is 9.78 Å². The van der Waals surface area contributed by atoms with Gasteiger partial charge in [0.15, 0.2) is 0 Å². The summed E-state index contributed by atoms with van der Waals surface area (Å²) in [6, 6.07) is 4.05. The average Bonchev–Trinajstić information content (AvgIpc) is 2.77. The van der Waals surface area contributed by atoms with Crippen molar-refractivity contribution in [2.75, 3.05) is 0 Å². The lowest BCUT2D eigenvalue weighted by atomic mass is 10.3. The molecule has 4 nitrogen and oxygen atoms in total. The number of hydrogen-bond donors (Lipinski definition) is 1. The van der Waals surface area contributed by atoms with E-state index in [1.165, 1.54) is 5.69 Å². The molecule has 0 unspecified atom stereocenters. The summed E-state index contributed by atoms with van der Waals surface area (Å²) in [4.78, 5) is 0. The fraction of sp³-hybridized carbons (Fsp3) is 0.364. The van der Waals surface area contributed by atoms with Gasteiger partial charge in [0.2, 0.25) is 0 Å². The molecule has 0 bridgehead atoms. The van der Waals surface area contributed by atoms with E-state index in [0.29, 0.717) is 0 Å². The van der Waals surface area contributed by atoms with Crippen LogP contribution in [0.3, 0.4) is 0 Å². The molecule has 0 aromatic carbocycles. The molecule has 2 aromatic rings. The van der Waals surface area contributed by atoms with E-state index in [2.05, 4.69) is 16.5 Å². The van der Waals surface area contributed by atoms with Gasteiger partial charge in [-0.15, -0.1) is 0 Å². The molecule has 4 heteroatoms. The van der Waals surface area contributed by atoms with Gasteiger partial charge in [0.1, 0.15) is 0 Å². The number of furan rings is 1. The second kappa shape index (κ2) is 4.31. The van der Waals surface area contributed by atoms with Gasteiger partial charge in [-0.1, -0.05) is 0 Å². The fourth-order valence-corrected chi connectivity index (χ4v) is 1.56. The molecule has 0 aliphatic carbocycles. The summed E-state index contributed by atoms with van der Waals surface area (Å²) in [5, 5.41) is 7.62. The maximum atomic E-state index is 4.99. The van der Waals surface area contributed by atoms with Gasteiger partial charge in [-0.3, -0.25) is 4.68 Å². The van der Waals surface area contributed by atoms with Gasteiger partial charge in [0.25, 0.3) is 0 Å². The van der Waals surface area contributed by atoms with E-state index < -0.39 is 0 Å². The van der Waals surface area contributed by atoms with Gasteiger partial charge >= 0.3 is 0 Å². The minimum atomic E-state index is 0.820. The van der Waals surface area contributed by atoms with Crippen LogP contribution >= 0.6 is 0 Å². The van der Waals surface area contributed by atoms with Gasteiger partial charge < -0.3 is 9.73 Å². The summed E-state index contributed by atoms with van der Waals surface area (Å²) in [6.45, 7) is 3.64. The fourth-order valence-electron chi connectivity index (χ4n) is 1.56. The molecule has 0 amide bonds. The first-order valence-corrected chi connectivity index (χ1v) is 4.97. The molecular formula is C11H15N3O. The van der Waals surface area contributed by atoms with E-state index in [4.69, 9.17) is 4.42 Å². The molecule has 1 N–H and O–H groups in total. The highest BCUT2D eigenvalue weighted by Crippen LogP contribution is 2.03. The molecule has 0 saturated carbocycles. The van der Waals surface area contributed by atoms with Gasteiger partial charge in [-0.25, -0.2) is 0 Å². The van der Waals surface area contributed by atoms with Crippen molar-refractivity contribution in [1.82, 2.24) is 15.1 Å². The summed E-state index contributed by atoms with van der Waals surface area (Å²) in [7, 11) is 1.96. The highest BCUT2D eigenvalue weighted by molar-refractivity contribution is 5.09. The minimum absolute atomic E-state index is 0.820. The highest BCUT2D eigenvalue weighted by Gasteiger charge is 2.01. The Kier molecular flexibility index (Phi) is 2.87. The van der Waals surface area contributed by atoms with E-state index in [0.717, 1.165) is 24.3 Å². The molecule has 15 heavy (non-hydrogen) atoms. The van der Waals surface area contributed by atoms with Crippen LogP contribution in [0, 0.1) is 6.92 Å². The molecule has 0 radical (unpaired) electrons. The summed E-state index contributed by atoms with van der Waals surface area (Å²) in [5.74, 6) is 0. The molecule has 0 aliphatic rings. The third-order valence-electron chi connectivity index (χ3n) is 2.31. The predicted molar refractivity (Wildman–Crippen MR) is 57.2 cm³/mol. The first-order chi connectivity index (χ1) is 7.25. The Balaban J connectivity index is 1.86. The molecule has 0 atom stereocenters. The topological polar surface area (TPSA) is 43.0 Å². The Labute approximate surface area is 88.9 Å². The second-order valence-electron chi connectivity index (χ2n) is 3.64. The molecule has 0 fully saturated rings. The van der Waals surface area contributed by atoms with Crippen molar-refractivity contribution in [2.24, 2.45) is 7.05 Å². The lowest BCUT2D eigenvalue weighted by molar-refractivity contribution is 0.558. The molecule has 0 saturated heterocycles. The van der Waals surface area contributed by atoms with Crippen molar-refractivity contribution in [3.8, 4) is 0 Å². The zero-order valence-electron chi connectivity index (χ0n) is 9.03. The summed E-state index contributed by atoms with van der Waals surface area (Å²) < 4.78 is 6.89. The molecule has 80 valence electrons. The number of nitrogens with one attached hydrogen (secondary N) is 1. The number of aromatic nitrogens is 2. The van der Waals surface area contributed by atoms with Crippen molar-refractivity contribution in [3.05, 3.63) is 41.6 Å². The monoisotopic (exact) mass is 205 g/mol. The van der Waals surface area contributed by atoms with Crippen LogP contribution in [0.1, 0.15) is 17.0 Å². The van der Waals surface area contributed by atoms with Crippen LogP contribution in [0.4, 0.5) is 0 Å². The van der Waals surface area contributed by atoms with Crippen LogP contribution in [0.15, 0.2) is 29.1 Å². The van der Waals surface area contributed by atoms with Crippen LogP contribution in [0.5, 0.6) is 0 Å². The zero-order valence-corrected chi connectivity index (χ0v) is 9.03. The van der Waals surface area contributed by atoms with E-state index in [1.807, 2.05) is 24.7 Å². The largest absolute Gasteiger partial charge is 0.472 e. The molecule has 0 aliphatic heterocycles. The maximum Gasteiger partial charge on any atom is 0.0947 e. The SMILES string of the molecule is Cc1cc(CNCc2ccoc2)n(C)n1. The average molecular weight is 205 g/mol. The summed E-state index contributed by atoms with van der Waals surface area (Å²) in [5.41, 5.74) is 3.41. The lowest BCUT2D eigenvalue weighted by Crippen LogP contribution is -2.14. The van der Waals surface area contributed by atoms with E-state index in [9.17, 15) is 0 Å². The predicted octanol–water partition coefficient (Wildman–Crippen LogP) is 1.61. The molecular weight excluding hydrogens is 190 g/mol. The Morgan fingerprint density at radius 1 is 1.47 bits per heavy atom.